The molecule has 0 aliphatic heterocycles. The van der Waals surface area contributed by atoms with Gasteiger partial charge in [0.15, 0.2) is 0 Å². The molecule has 0 radical (unpaired) electrons. The summed E-state index contributed by atoms with van der Waals surface area (Å²) in [4.78, 5) is 0. The van der Waals surface area contributed by atoms with Crippen LogP contribution in [-0.2, 0) is 4.74 Å². The molecule has 0 amide bonds. The molecule has 0 spiro atoms. The van der Waals surface area contributed by atoms with Crippen LogP contribution < -0.4 is 5.32 Å². The van der Waals surface area contributed by atoms with Gasteiger partial charge in [0, 0.05) is 12.6 Å². The zero-order chi connectivity index (χ0) is 12.6. The van der Waals surface area contributed by atoms with Gasteiger partial charge in [0.1, 0.15) is 0 Å². The van der Waals surface area contributed by atoms with Gasteiger partial charge in [-0.05, 0) is 32.2 Å². The van der Waals surface area contributed by atoms with Crippen molar-refractivity contribution in [2.24, 2.45) is 11.8 Å². The van der Waals surface area contributed by atoms with E-state index in [-0.39, 0.29) is 0 Å². The third kappa shape index (κ3) is 5.31. The fraction of sp³-hybridized carbons (Fsp3) is 1.00. The van der Waals surface area contributed by atoms with Crippen LogP contribution in [0.4, 0.5) is 0 Å². The molecule has 0 fully saturated rings. The third-order valence-electron chi connectivity index (χ3n) is 3.53. The Labute approximate surface area is 102 Å². The molecule has 0 aromatic carbocycles. The predicted molar refractivity (Wildman–Crippen MR) is 71.8 cm³/mol. The highest BCUT2D eigenvalue weighted by molar-refractivity contribution is 4.80. The molecule has 2 unspecified atom stereocenters. The summed E-state index contributed by atoms with van der Waals surface area (Å²) in [6, 6.07) is 0.491. The van der Waals surface area contributed by atoms with Crippen LogP contribution in [0.5, 0.6) is 0 Å². The first-order valence-corrected chi connectivity index (χ1v) is 6.89. The fourth-order valence-corrected chi connectivity index (χ4v) is 2.36. The van der Waals surface area contributed by atoms with Gasteiger partial charge < -0.3 is 10.1 Å². The lowest BCUT2D eigenvalue weighted by molar-refractivity contribution is -0.000837. The van der Waals surface area contributed by atoms with Gasteiger partial charge in [-0.3, -0.25) is 0 Å². The first kappa shape index (κ1) is 15.9. The molecule has 0 rings (SSSR count). The lowest BCUT2D eigenvalue weighted by Crippen LogP contribution is -2.43. The van der Waals surface area contributed by atoms with E-state index in [9.17, 15) is 0 Å². The highest BCUT2D eigenvalue weighted by Crippen LogP contribution is 2.21. The van der Waals surface area contributed by atoms with Crippen LogP contribution in [0.25, 0.3) is 0 Å². The van der Waals surface area contributed by atoms with Crippen molar-refractivity contribution in [3.05, 3.63) is 0 Å². The molecule has 16 heavy (non-hydrogen) atoms. The molecule has 98 valence electrons. The normalized spacial score (nSPS) is 15.8. The Morgan fingerprint density at radius 3 is 1.94 bits per heavy atom. The van der Waals surface area contributed by atoms with E-state index in [1.54, 1.807) is 0 Å². The quantitative estimate of drug-likeness (QED) is 0.654. The monoisotopic (exact) mass is 229 g/mol. The molecule has 0 bridgehead atoms. The van der Waals surface area contributed by atoms with Crippen LogP contribution in [0.15, 0.2) is 0 Å². The van der Waals surface area contributed by atoms with Gasteiger partial charge in [0.25, 0.3) is 0 Å². The van der Waals surface area contributed by atoms with Gasteiger partial charge in [-0.2, -0.15) is 0 Å². The van der Waals surface area contributed by atoms with Gasteiger partial charge in [0.05, 0.1) is 6.10 Å². The summed E-state index contributed by atoms with van der Waals surface area (Å²) >= 11 is 0. The minimum Gasteiger partial charge on any atom is -0.377 e. The Hall–Kier alpha value is -0.0800. The summed E-state index contributed by atoms with van der Waals surface area (Å²) in [6.45, 7) is 12.0. The number of rotatable bonds is 9. The number of likely N-dealkylation sites (N-methyl/N-ethyl adjacent to an activating group) is 1. The van der Waals surface area contributed by atoms with Crippen molar-refractivity contribution in [2.45, 2.75) is 66.0 Å². The van der Waals surface area contributed by atoms with E-state index in [1.807, 2.05) is 0 Å². The minimum absolute atomic E-state index is 0.343. The highest BCUT2D eigenvalue weighted by Gasteiger charge is 2.25. The van der Waals surface area contributed by atoms with E-state index in [2.05, 4.69) is 47.0 Å². The molecule has 0 aliphatic rings. The van der Waals surface area contributed by atoms with Crippen LogP contribution in [0.1, 0.15) is 53.9 Å². The SMILES string of the molecule is CCOC(C(C)C)C(CC(CC)CC)NC. The summed E-state index contributed by atoms with van der Waals surface area (Å²) < 4.78 is 5.88. The Kier molecular flexibility index (Phi) is 8.96. The van der Waals surface area contributed by atoms with Gasteiger partial charge >= 0.3 is 0 Å². The second-order valence-electron chi connectivity index (χ2n) is 4.98. The van der Waals surface area contributed by atoms with Crippen molar-refractivity contribution in [1.82, 2.24) is 5.32 Å². The molecule has 1 N–H and O–H groups in total. The van der Waals surface area contributed by atoms with Crippen LogP contribution in [-0.4, -0.2) is 25.8 Å². The lowest BCUT2D eigenvalue weighted by Gasteiger charge is -2.32. The maximum absolute atomic E-state index is 5.88. The van der Waals surface area contributed by atoms with E-state index in [4.69, 9.17) is 4.74 Å². The molecule has 0 saturated carbocycles. The second kappa shape index (κ2) is 9.00. The zero-order valence-corrected chi connectivity index (χ0v) is 12.0. The van der Waals surface area contributed by atoms with E-state index >= 15 is 0 Å². The molecule has 0 aromatic rings. The van der Waals surface area contributed by atoms with Crippen LogP contribution in [0.2, 0.25) is 0 Å². The molecule has 0 saturated heterocycles. The van der Waals surface area contributed by atoms with Crippen molar-refractivity contribution >= 4 is 0 Å². The minimum atomic E-state index is 0.343. The fourth-order valence-electron chi connectivity index (χ4n) is 2.36. The lowest BCUT2D eigenvalue weighted by atomic mass is 9.88. The Bertz CT molecular complexity index is 155. The molecule has 0 heterocycles. The Balaban J connectivity index is 4.40. The molecule has 2 heteroatoms. The van der Waals surface area contributed by atoms with Gasteiger partial charge in [-0.15, -0.1) is 0 Å². The average Bonchev–Trinajstić information content (AvgIpc) is 2.28. The first-order valence-electron chi connectivity index (χ1n) is 6.89. The maximum Gasteiger partial charge on any atom is 0.0750 e. The molecule has 0 aliphatic carbocycles. The van der Waals surface area contributed by atoms with Gasteiger partial charge in [-0.1, -0.05) is 40.5 Å². The maximum atomic E-state index is 5.88. The van der Waals surface area contributed by atoms with Crippen molar-refractivity contribution in [3.63, 3.8) is 0 Å². The van der Waals surface area contributed by atoms with Crippen LogP contribution in [0, 0.1) is 11.8 Å². The van der Waals surface area contributed by atoms with Crippen molar-refractivity contribution < 1.29 is 4.74 Å². The largest absolute Gasteiger partial charge is 0.377 e. The van der Waals surface area contributed by atoms with E-state index < -0.39 is 0 Å². The van der Waals surface area contributed by atoms with E-state index in [1.165, 1.54) is 19.3 Å². The summed E-state index contributed by atoms with van der Waals surface area (Å²) in [7, 11) is 2.06. The smallest absolute Gasteiger partial charge is 0.0750 e. The van der Waals surface area contributed by atoms with Crippen LogP contribution >= 0.6 is 0 Å². The molecule has 2 nitrogen and oxygen atoms in total. The molecule has 2 atom stereocenters. The summed E-state index contributed by atoms with van der Waals surface area (Å²) in [5.41, 5.74) is 0. The number of hydrogen-bond donors (Lipinski definition) is 1. The van der Waals surface area contributed by atoms with Crippen LogP contribution in [0.3, 0.4) is 0 Å². The van der Waals surface area contributed by atoms with Crippen molar-refractivity contribution in [1.29, 1.82) is 0 Å². The molecular weight excluding hydrogens is 198 g/mol. The van der Waals surface area contributed by atoms with Gasteiger partial charge in [0.2, 0.25) is 0 Å². The van der Waals surface area contributed by atoms with Gasteiger partial charge in [-0.25, -0.2) is 0 Å². The number of nitrogens with one attached hydrogen (secondary N) is 1. The second-order valence-corrected chi connectivity index (χ2v) is 4.98. The Morgan fingerprint density at radius 2 is 1.62 bits per heavy atom. The van der Waals surface area contributed by atoms with Crippen molar-refractivity contribution in [3.8, 4) is 0 Å². The summed E-state index contributed by atoms with van der Waals surface area (Å²) in [6.07, 6.45) is 4.11. The first-order chi connectivity index (χ1) is 7.60. The Morgan fingerprint density at radius 1 is 1.06 bits per heavy atom. The topological polar surface area (TPSA) is 21.3 Å². The van der Waals surface area contributed by atoms with Crippen molar-refractivity contribution in [2.75, 3.05) is 13.7 Å². The summed E-state index contributed by atoms with van der Waals surface area (Å²) in [5, 5.41) is 3.44. The number of ether oxygens (including phenoxy) is 1. The number of hydrogen-bond acceptors (Lipinski definition) is 2. The third-order valence-corrected chi connectivity index (χ3v) is 3.53. The zero-order valence-electron chi connectivity index (χ0n) is 12.0. The standard InChI is InChI=1S/C14H31NO/c1-7-12(8-2)10-13(15-6)14(11(4)5)16-9-3/h11-15H,7-10H2,1-6H3. The molecular formula is C14H31NO. The van der Waals surface area contributed by atoms with E-state index in [0.29, 0.717) is 18.1 Å². The summed E-state index contributed by atoms with van der Waals surface area (Å²) in [5.74, 6) is 1.39. The highest BCUT2D eigenvalue weighted by atomic mass is 16.5. The average molecular weight is 229 g/mol. The predicted octanol–water partition coefficient (Wildman–Crippen LogP) is 3.46. The van der Waals surface area contributed by atoms with E-state index in [0.717, 1.165) is 12.5 Å². The molecule has 0 aromatic heterocycles.